The Bertz CT molecular complexity index is 745. The highest BCUT2D eigenvalue weighted by Gasteiger charge is 2.05. The Morgan fingerprint density at radius 1 is 1.04 bits per heavy atom. The van der Waals surface area contributed by atoms with Gasteiger partial charge < -0.3 is 5.32 Å². The lowest BCUT2D eigenvalue weighted by Gasteiger charge is -2.18. The highest BCUT2D eigenvalue weighted by atomic mass is 15.2. The molecule has 0 aliphatic rings. The van der Waals surface area contributed by atoms with Gasteiger partial charge in [-0.15, -0.1) is 0 Å². The molecule has 0 aliphatic carbocycles. The molecule has 3 rings (SSSR count). The molecular weight excluding hydrogens is 288 g/mol. The monoisotopic (exact) mass is 310 g/mol. The van der Waals surface area contributed by atoms with Gasteiger partial charge in [-0.1, -0.05) is 38.1 Å². The van der Waals surface area contributed by atoms with Gasteiger partial charge in [-0.2, -0.15) is 5.10 Å². The van der Waals surface area contributed by atoms with Gasteiger partial charge in [0.2, 0.25) is 0 Å². The normalized spacial score (nSPS) is 11.3. The summed E-state index contributed by atoms with van der Waals surface area (Å²) < 4.78 is 0. The number of rotatable bonds is 7. The number of anilines is 1. The Hall–Kier alpha value is -2.47. The lowest BCUT2D eigenvalue weighted by molar-refractivity contribution is 0.296. The number of benzene rings is 1. The molecule has 0 saturated heterocycles. The molecule has 3 aromatic rings. The first-order chi connectivity index (χ1) is 11.3. The van der Waals surface area contributed by atoms with Crippen LogP contribution in [0.1, 0.15) is 25.0 Å². The van der Waals surface area contributed by atoms with E-state index in [9.17, 15) is 0 Å². The van der Waals surface area contributed by atoms with Crippen LogP contribution in [-0.2, 0) is 13.1 Å². The zero-order valence-electron chi connectivity index (χ0n) is 13.6. The molecule has 2 aromatic heterocycles. The van der Waals surface area contributed by atoms with Crippen LogP contribution in [0.5, 0.6) is 0 Å². The van der Waals surface area contributed by atoms with Crippen molar-refractivity contribution in [2.45, 2.75) is 26.9 Å². The van der Waals surface area contributed by atoms with Gasteiger partial charge in [0.1, 0.15) is 12.1 Å². The number of nitrogens with zero attached hydrogens (tertiary/aromatic N) is 4. The Morgan fingerprint density at radius 2 is 1.78 bits per heavy atom. The number of hydrogen-bond donors (Lipinski definition) is 2. The van der Waals surface area contributed by atoms with Crippen molar-refractivity contribution in [3.63, 3.8) is 0 Å². The molecule has 2 N–H and O–H groups in total. The van der Waals surface area contributed by atoms with Crippen LogP contribution in [0.3, 0.4) is 0 Å². The van der Waals surface area contributed by atoms with Crippen molar-refractivity contribution >= 4 is 16.9 Å². The summed E-state index contributed by atoms with van der Waals surface area (Å²) in [5.41, 5.74) is 3.32. The third-order valence-corrected chi connectivity index (χ3v) is 4.03. The molecule has 0 unspecified atom stereocenters. The quantitative estimate of drug-likeness (QED) is 0.702. The van der Waals surface area contributed by atoms with Crippen molar-refractivity contribution in [2.24, 2.45) is 0 Å². The van der Waals surface area contributed by atoms with Crippen molar-refractivity contribution in [3.05, 3.63) is 47.9 Å². The van der Waals surface area contributed by atoms with Crippen molar-refractivity contribution in [1.29, 1.82) is 0 Å². The molecule has 1 aromatic carbocycles. The molecule has 6 nitrogen and oxygen atoms in total. The lowest BCUT2D eigenvalue weighted by atomic mass is 10.1. The van der Waals surface area contributed by atoms with Crippen molar-refractivity contribution in [3.8, 4) is 0 Å². The average molecular weight is 310 g/mol. The smallest absolute Gasteiger partial charge is 0.160 e. The first-order valence-electron chi connectivity index (χ1n) is 7.98. The highest BCUT2D eigenvalue weighted by Crippen LogP contribution is 2.17. The minimum absolute atomic E-state index is 0.725. The second-order valence-electron chi connectivity index (χ2n) is 5.49. The molecule has 0 amide bonds. The van der Waals surface area contributed by atoms with E-state index in [1.54, 1.807) is 6.20 Å². The highest BCUT2D eigenvalue weighted by molar-refractivity contribution is 5.85. The summed E-state index contributed by atoms with van der Waals surface area (Å²) >= 11 is 0. The Balaban J connectivity index is 1.63. The molecule has 0 spiro atoms. The van der Waals surface area contributed by atoms with E-state index in [-0.39, 0.29) is 0 Å². The van der Waals surface area contributed by atoms with E-state index in [0.29, 0.717) is 0 Å². The fraction of sp³-hybridized carbons (Fsp3) is 0.353. The second-order valence-corrected chi connectivity index (χ2v) is 5.49. The van der Waals surface area contributed by atoms with E-state index in [2.05, 4.69) is 68.5 Å². The van der Waals surface area contributed by atoms with Crippen molar-refractivity contribution < 1.29 is 0 Å². The Kier molecular flexibility index (Phi) is 4.83. The fourth-order valence-electron chi connectivity index (χ4n) is 2.56. The SMILES string of the molecule is CCN(CC)Cc1ccc(CNc2ncnc3[nH]ncc23)cc1. The van der Waals surface area contributed by atoms with Gasteiger partial charge in [-0.25, -0.2) is 9.97 Å². The van der Waals surface area contributed by atoms with Gasteiger partial charge in [0.15, 0.2) is 5.65 Å². The maximum Gasteiger partial charge on any atom is 0.160 e. The van der Waals surface area contributed by atoms with Gasteiger partial charge >= 0.3 is 0 Å². The van der Waals surface area contributed by atoms with Crippen molar-refractivity contribution in [2.75, 3.05) is 18.4 Å². The molecule has 2 heterocycles. The van der Waals surface area contributed by atoms with Crippen LogP contribution in [0.2, 0.25) is 0 Å². The molecule has 0 fully saturated rings. The van der Waals surface area contributed by atoms with Gasteiger partial charge in [-0.05, 0) is 24.2 Å². The third kappa shape index (κ3) is 3.65. The summed E-state index contributed by atoms with van der Waals surface area (Å²) in [6.07, 6.45) is 3.28. The van der Waals surface area contributed by atoms with Gasteiger partial charge in [0, 0.05) is 13.1 Å². The van der Waals surface area contributed by atoms with E-state index < -0.39 is 0 Å². The third-order valence-electron chi connectivity index (χ3n) is 4.03. The Morgan fingerprint density at radius 3 is 2.52 bits per heavy atom. The van der Waals surface area contributed by atoms with E-state index in [4.69, 9.17) is 0 Å². The minimum atomic E-state index is 0.725. The molecule has 0 aliphatic heterocycles. The second kappa shape index (κ2) is 7.19. The summed E-state index contributed by atoms with van der Waals surface area (Å²) in [7, 11) is 0. The zero-order chi connectivity index (χ0) is 16.1. The van der Waals surface area contributed by atoms with Crippen LogP contribution in [0.25, 0.3) is 11.0 Å². The molecule has 23 heavy (non-hydrogen) atoms. The fourth-order valence-corrected chi connectivity index (χ4v) is 2.56. The number of H-pyrrole nitrogens is 1. The first-order valence-corrected chi connectivity index (χ1v) is 7.98. The predicted molar refractivity (Wildman–Crippen MR) is 92.1 cm³/mol. The number of fused-ring (bicyclic) bond motifs is 1. The summed E-state index contributed by atoms with van der Waals surface area (Å²) in [5, 5.41) is 11.1. The largest absolute Gasteiger partial charge is 0.365 e. The molecule has 0 bridgehead atoms. The maximum atomic E-state index is 4.28. The summed E-state index contributed by atoms with van der Waals surface area (Å²) in [6.45, 7) is 8.27. The van der Waals surface area contributed by atoms with Gasteiger partial charge in [-0.3, -0.25) is 10.00 Å². The Labute approximate surface area is 136 Å². The number of hydrogen-bond acceptors (Lipinski definition) is 5. The van der Waals surface area contributed by atoms with Crippen LogP contribution in [0.4, 0.5) is 5.82 Å². The van der Waals surface area contributed by atoms with Crippen LogP contribution in [0.15, 0.2) is 36.8 Å². The van der Waals surface area contributed by atoms with Gasteiger partial charge in [0.25, 0.3) is 0 Å². The summed E-state index contributed by atoms with van der Waals surface area (Å²) in [6, 6.07) is 8.73. The van der Waals surface area contributed by atoms with Gasteiger partial charge in [0.05, 0.1) is 11.6 Å². The van der Waals surface area contributed by atoms with Crippen LogP contribution in [-0.4, -0.2) is 38.2 Å². The van der Waals surface area contributed by atoms with E-state index in [1.807, 2.05) is 0 Å². The topological polar surface area (TPSA) is 69.7 Å². The van der Waals surface area contributed by atoms with E-state index in [0.717, 1.165) is 43.0 Å². The summed E-state index contributed by atoms with van der Waals surface area (Å²) in [5.74, 6) is 0.802. The lowest BCUT2D eigenvalue weighted by Crippen LogP contribution is -2.22. The molecule has 0 radical (unpaired) electrons. The van der Waals surface area contributed by atoms with Crippen LogP contribution < -0.4 is 5.32 Å². The zero-order valence-corrected chi connectivity index (χ0v) is 13.6. The number of aromatic nitrogens is 4. The number of nitrogens with one attached hydrogen (secondary N) is 2. The molecule has 0 atom stereocenters. The van der Waals surface area contributed by atoms with Crippen LogP contribution >= 0.6 is 0 Å². The molecule has 6 heteroatoms. The minimum Gasteiger partial charge on any atom is -0.365 e. The maximum absolute atomic E-state index is 4.28. The van der Waals surface area contributed by atoms with Crippen LogP contribution in [0, 0.1) is 0 Å². The molecule has 0 saturated carbocycles. The van der Waals surface area contributed by atoms with Crippen molar-refractivity contribution in [1.82, 2.24) is 25.1 Å². The predicted octanol–water partition coefficient (Wildman–Crippen LogP) is 2.81. The van der Waals surface area contributed by atoms with E-state index in [1.165, 1.54) is 17.5 Å². The molecule has 120 valence electrons. The molecular formula is C17H22N6. The average Bonchev–Trinajstić information content (AvgIpc) is 3.08. The summed E-state index contributed by atoms with van der Waals surface area (Å²) in [4.78, 5) is 10.8. The first kappa shape index (κ1) is 15.4. The van der Waals surface area contributed by atoms with E-state index >= 15 is 0 Å². The number of aromatic amines is 1. The standard InChI is InChI=1S/C17H22N6/c1-3-23(4-2)11-14-7-5-13(6-8-14)9-18-16-15-10-21-22-17(15)20-12-19-16/h5-8,10,12H,3-4,9,11H2,1-2H3,(H2,18,19,20,21,22).